The molecule has 78 valence electrons. The molecule has 0 saturated heterocycles. The molecule has 1 aromatic carbocycles. The van der Waals surface area contributed by atoms with E-state index in [1.165, 1.54) is 11.3 Å². The summed E-state index contributed by atoms with van der Waals surface area (Å²) in [6.07, 6.45) is -0.597. The molecule has 0 spiro atoms. The number of aliphatic hydroxyl groups is 1. The predicted octanol–water partition coefficient (Wildman–Crippen LogP) is 4.25. The fourth-order valence-electron chi connectivity index (χ4n) is 1.30. The van der Waals surface area contributed by atoms with Crippen LogP contribution in [0.5, 0.6) is 0 Å². The first kappa shape index (κ1) is 11.1. The summed E-state index contributed by atoms with van der Waals surface area (Å²) in [7, 11) is 0. The Hall–Kier alpha value is -0.350. The summed E-state index contributed by atoms with van der Waals surface area (Å²) >= 11 is 10.6. The lowest BCUT2D eigenvalue weighted by Crippen LogP contribution is -1.95. The van der Waals surface area contributed by atoms with Gasteiger partial charge in [0, 0.05) is 9.35 Å². The van der Waals surface area contributed by atoms with Crippen LogP contribution in [0.4, 0.5) is 0 Å². The molecule has 1 aromatic heterocycles. The van der Waals surface area contributed by atoms with Crippen molar-refractivity contribution < 1.29 is 5.11 Å². The molecule has 0 aliphatic heterocycles. The molecule has 4 heteroatoms. The predicted molar refractivity (Wildman–Crippen MR) is 67.5 cm³/mol. The lowest BCUT2D eigenvalue weighted by molar-refractivity contribution is 0.224. The highest BCUT2D eigenvalue weighted by atomic mass is 79.9. The SMILES string of the molecule is OC(c1ccccc1)c1cc(Br)c(Cl)s1. The van der Waals surface area contributed by atoms with Crippen LogP contribution in [0.1, 0.15) is 16.5 Å². The lowest BCUT2D eigenvalue weighted by Gasteiger charge is -2.07. The smallest absolute Gasteiger partial charge is 0.113 e. The van der Waals surface area contributed by atoms with Crippen molar-refractivity contribution in [2.75, 3.05) is 0 Å². The van der Waals surface area contributed by atoms with Crippen LogP contribution in [0, 0.1) is 0 Å². The summed E-state index contributed by atoms with van der Waals surface area (Å²) in [6, 6.07) is 11.4. The maximum atomic E-state index is 10.1. The van der Waals surface area contributed by atoms with Crippen LogP contribution in [-0.4, -0.2) is 5.11 Å². The van der Waals surface area contributed by atoms with E-state index in [-0.39, 0.29) is 0 Å². The molecule has 1 nitrogen and oxygen atoms in total. The third kappa shape index (κ3) is 2.42. The molecule has 0 fully saturated rings. The Kier molecular flexibility index (Phi) is 3.46. The maximum absolute atomic E-state index is 10.1. The summed E-state index contributed by atoms with van der Waals surface area (Å²) in [5.41, 5.74) is 0.878. The fraction of sp³-hybridized carbons (Fsp3) is 0.0909. The van der Waals surface area contributed by atoms with Crippen LogP contribution in [0.2, 0.25) is 4.34 Å². The molecule has 1 N–H and O–H groups in total. The minimum Gasteiger partial charge on any atom is -0.383 e. The first-order chi connectivity index (χ1) is 7.18. The van der Waals surface area contributed by atoms with Gasteiger partial charge in [0.2, 0.25) is 0 Å². The van der Waals surface area contributed by atoms with Gasteiger partial charge in [-0.3, -0.25) is 0 Å². The summed E-state index contributed by atoms with van der Waals surface area (Å²) in [4.78, 5) is 0.845. The zero-order valence-electron chi connectivity index (χ0n) is 7.65. The van der Waals surface area contributed by atoms with Crippen molar-refractivity contribution in [2.45, 2.75) is 6.10 Å². The number of hydrogen-bond donors (Lipinski definition) is 1. The summed E-state index contributed by atoms with van der Waals surface area (Å²) in [5.74, 6) is 0. The normalized spacial score (nSPS) is 12.7. The van der Waals surface area contributed by atoms with Crippen LogP contribution in [0.3, 0.4) is 0 Å². The van der Waals surface area contributed by atoms with Gasteiger partial charge in [0.25, 0.3) is 0 Å². The highest BCUT2D eigenvalue weighted by molar-refractivity contribution is 9.10. The maximum Gasteiger partial charge on any atom is 0.113 e. The van der Waals surface area contributed by atoms with Crippen molar-refractivity contribution in [3.63, 3.8) is 0 Å². The number of thiophene rings is 1. The number of rotatable bonds is 2. The number of hydrogen-bond acceptors (Lipinski definition) is 2. The first-order valence-corrected chi connectivity index (χ1v) is 6.35. The molecule has 2 rings (SSSR count). The molecule has 0 amide bonds. The Labute approximate surface area is 105 Å². The molecule has 1 unspecified atom stereocenters. The number of aliphatic hydroxyl groups excluding tert-OH is 1. The quantitative estimate of drug-likeness (QED) is 0.879. The molecule has 15 heavy (non-hydrogen) atoms. The highest BCUT2D eigenvalue weighted by Crippen LogP contribution is 2.37. The van der Waals surface area contributed by atoms with Gasteiger partial charge < -0.3 is 5.11 Å². The van der Waals surface area contributed by atoms with Gasteiger partial charge in [-0.15, -0.1) is 11.3 Å². The molecular formula is C11H8BrClOS. The second kappa shape index (κ2) is 4.66. The van der Waals surface area contributed by atoms with E-state index in [0.29, 0.717) is 4.34 Å². The van der Waals surface area contributed by atoms with E-state index >= 15 is 0 Å². The summed E-state index contributed by atoms with van der Waals surface area (Å²) in [5, 5.41) is 10.1. The van der Waals surface area contributed by atoms with Crippen LogP contribution in [0.15, 0.2) is 40.9 Å². The number of benzene rings is 1. The minimum absolute atomic E-state index is 0.597. The standard InChI is InChI=1S/C11H8BrClOS/c12-8-6-9(15-11(8)13)10(14)7-4-2-1-3-5-7/h1-6,10,14H. The van der Waals surface area contributed by atoms with Crippen molar-refractivity contribution in [3.05, 3.63) is 55.6 Å². The molecule has 1 atom stereocenters. The zero-order valence-corrected chi connectivity index (χ0v) is 10.8. The summed E-state index contributed by atoms with van der Waals surface area (Å²) in [6.45, 7) is 0. The van der Waals surface area contributed by atoms with Gasteiger partial charge in [0.05, 0.1) is 0 Å². The molecular weight excluding hydrogens is 296 g/mol. The largest absolute Gasteiger partial charge is 0.383 e. The second-order valence-corrected chi connectivity index (χ2v) is 5.62. The van der Waals surface area contributed by atoms with E-state index in [4.69, 9.17) is 11.6 Å². The summed E-state index contributed by atoms with van der Waals surface area (Å²) < 4.78 is 1.50. The Morgan fingerprint density at radius 3 is 2.47 bits per heavy atom. The van der Waals surface area contributed by atoms with Gasteiger partial charge in [-0.25, -0.2) is 0 Å². The monoisotopic (exact) mass is 302 g/mol. The van der Waals surface area contributed by atoms with Gasteiger partial charge in [-0.1, -0.05) is 41.9 Å². The molecule has 1 heterocycles. The van der Waals surface area contributed by atoms with Crippen LogP contribution >= 0.6 is 38.9 Å². The Morgan fingerprint density at radius 2 is 1.93 bits per heavy atom. The van der Waals surface area contributed by atoms with Crippen molar-refractivity contribution in [1.82, 2.24) is 0 Å². The van der Waals surface area contributed by atoms with E-state index in [0.717, 1.165) is 14.9 Å². The second-order valence-electron chi connectivity index (χ2n) is 3.08. The van der Waals surface area contributed by atoms with E-state index in [9.17, 15) is 5.11 Å². The molecule has 0 radical (unpaired) electrons. The van der Waals surface area contributed by atoms with Gasteiger partial charge in [0.1, 0.15) is 10.4 Å². The van der Waals surface area contributed by atoms with E-state index in [1.54, 1.807) is 0 Å². The third-order valence-electron chi connectivity index (χ3n) is 2.05. The Morgan fingerprint density at radius 1 is 1.27 bits per heavy atom. The van der Waals surface area contributed by atoms with E-state index < -0.39 is 6.10 Å². The van der Waals surface area contributed by atoms with Crippen molar-refractivity contribution in [1.29, 1.82) is 0 Å². The zero-order chi connectivity index (χ0) is 10.8. The first-order valence-electron chi connectivity index (χ1n) is 4.36. The minimum atomic E-state index is -0.597. The van der Waals surface area contributed by atoms with Gasteiger partial charge in [-0.2, -0.15) is 0 Å². The average molecular weight is 304 g/mol. The van der Waals surface area contributed by atoms with Gasteiger partial charge >= 0.3 is 0 Å². The molecule has 0 aliphatic carbocycles. The molecule has 2 aromatic rings. The topological polar surface area (TPSA) is 20.2 Å². The molecule has 0 aliphatic rings. The lowest BCUT2D eigenvalue weighted by atomic mass is 10.1. The Bertz CT molecular complexity index is 435. The molecule has 0 bridgehead atoms. The van der Waals surface area contributed by atoms with E-state index in [1.807, 2.05) is 36.4 Å². The molecule has 0 saturated carbocycles. The van der Waals surface area contributed by atoms with Crippen molar-refractivity contribution in [3.8, 4) is 0 Å². The number of halogens is 2. The third-order valence-corrected chi connectivity index (χ3v) is 4.58. The van der Waals surface area contributed by atoms with Crippen molar-refractivity contribution >= 4 is 38.9 Å². The average Bonchev–Trinajstić information content (AvgIpc) is 2.59. The van der Waals surface area contributed by atoms with Crippen LogP contribution in [0.25, 0.3) is 0 Å². The highest BCUT2D eigenvalue weighted by Gasteiger charge is 2.14. The van der Waals surface area contributed by atoms with Crippen molar-refractivity contribution in [2.24, 2.45) is 0 Å². The van der Waals surface area contributed by atoms with Crippen LogP contribution in [-0.2, 0) is 0 Å². The van der Waals surface area contributed by atoms with Gasteiger partial charge in [0.15, 0.2) is 0 Å². The van der Waals surface area contributed by atoms with Crippen LogP contribution < -0.4 is 0 Å². The van der Waals surface area contributed by atoms with E-state index in [2.05, 4.69) is 15.9 Å². The van der Waals surface area contributed by atoms with Gasteiger partial charge in [-0.05, 0) is 27.6 Å². The fourth-order valence-corrected chi connectivity index (χ4v) is 3.05. The Balaban J connectivity index is 2.32.